The van der Waals surface area contributed by atoms with Crippen LogP contribution in [0.5, 0.6) is 0 Å². The van der Waals surface area contributed by atoms with E-state index in [4.69, 9.17) is 0 Å². The highest BCUT2D eigenvalue weighted by atomic mass is 32.2. The van der Waals surface area contributed by atoms with Crippen molar-refractivity contribution >= 4 is 21.7 Å². The summed E-state index contributed by atoms with van der Waals surface area (Å²) < 4.78 is 26.7. The molecule has 0 fully saturated rings. The molecule has 0 radical (unpaired) electrons. The van der Waals surface area contributed by atoms with Crippen LogP contribution in [0.3, 0.4) is 0 Å². The van der Waals surface area contributed by atoms with E-state index < -0.39 is 15.9 Å². The zero-order chi connectivity index (χ0) is 25.5. The molecular weight excluding hydrogens is 470 g/mol. The van der Waals surface area contributed by atoms with Crippen molar-refractivity contribution in [1.82, 2.24) is 9.71 Å². The van der Waals surface area contributed by atoms with Gasteiger partial charge in [0, 0.05) is 12.7 Å². The zero-order valence-electron chi connectivity index (χ0n) is 20.9. The topological polar surface area (TPSA) is 88.2 Å². The lowest BCUT2D eigenvalue weighted by atomic mass is 10.0. The van der Waals surface area contributed by atoms with E-state index in [-0.39, 0.29) is 10.5 Å². The van der Waals surface area contributed by atoms with Crippen molar-refractivity contribution in [2.45, 2.75) is 69.1 Å². The van der Waals surface area contributed by atoms with E-state index in [1.54, 1.807) is 30.3 Å². The van der Waals surface area contributed by atoms with E-state index in [0.29, 0.717) is 5.82 Å². The summed E-state index contributed by atoms with van der Waals surface area (Å²) in [7, 11) is -3.90. The van der Waals surface area contributed by atoms with Crippen LogP contribution in [0.1, 0.15) is 73.7 Å². The Hall–Kier alpha value is -3.19. The second-order valence-corrected chi connectivity index (χ2v) is 10.7. The Morgan fingerprint density at radius 1 is 0.694 bits per heavy atom. The number of amides is 1. The second-order valence-electron chi connectivity index (χ2n) is 9.02. The Bertz CT molecular complexity index is 1140. The lowest BCUT2D eigenvalue weighted by molar-refractivity contribution is 0.0981. The number of pyridine rings is 1. The predicted molar refractivity (Wildman–Crippen MR) is 146 cm³/mol. The summed E-state index contributed by atoms with van der Waals surface area (Å²) in [4.78, 5) is 16.6. The van der Waals surface area contributed by atoms with E-state index in [2.05, 4.69) is 45.4 Å². The van der Waals surface area contributed by atoms with E-state index in [0.717, 1.165) is 13.0 Å². The highest BCUT2D eigenvalue weighted by molar-refractivity contribution is 7.90. The van der Waals surface area contributed by atoms with Crippen molar-refractivity contribution in [2.75, 3.05) is 11.9 Å². The van der Waals surface area contributed by atoms with Crippen LogP contribution in [0, 0.1) is 0 Å². The number of aromatic nitrogens is 1. The number of nitrogens with one attached hydrogen (secondary N) is 2. The third-order valence-electron chi connectivity index (χ3n) is 6.10. The Kier molecular flexibility index (Phi) is 11.4. The molecule has 1 heterocycles. The van der Waals surface area contributed by atoms with Gasteiger partial charge in [0.15, 0.2) is 0 Å². The molecule has 0 atom stereocenters. The smallest absolute Gasteiger partial charge is 0.266 e. The molecule has 6 nitrogen and oxygen atoms in total. The minimum absolute atomic E-state index is 0.0448. The van der Waals surface area contributed by atoms with Gasteiger partial charge in [0.25, 0.3) is 15.9 Å². The lowest BCUT2D eigenvalue weighted by Crippen LogP contribution is -2.30. The van der Waals surface area contributed by atoms with Crippen LogP contribution in [0.4, 0.5) is 5.82 Å². The maximum absolute atomic E-state index is 12.3. The van der Waals surface area contributed by atoms with Gasteiger partial charge >= 0.3 is 0 Å². The predicted octanol–water partition coefficient (Wildman–Crippen LogP) is 6.37. The van der Waals surface area contributed by atoms with Gasteiger partial charge in [0.1, 0.15) is 5.82 Å². The van der Waals surface area contributed by atoms with E-state index >= 15 is 0 Å². The number of unbranched alkanes of at least 4 members (excludes halogenated alkanes) is 8. The molecule has 36 heavy (non-hydrogen) atoms. The number of nitrogens with zero attached hydrogens (tertiary/aromatic N) is 1. The number of benzene rings is 2. The molecule has 0 saturated carbocycles. The fourth-order valence-electron chi connectivity index (χ4n) is 4.02. The largest absolute Gasteiger partial charge is 0.370 e. The maximum atomic E-state index is 12.3. The molecule has 1 aromatic heterocycles. The molecule has 3 rings (SSSR count). The summed E-state index contributed by atoms with van der Waals surface area (Å²) in [6.45, 7) is 0.820. The molecule has 0 aliphatic rings. The fourth-order valence-corrected chi connectivity index (χ4v) is 5.02. The van der Waals surface area contributed by atoms with E-state index in [9.17, 15) is 13.2 Å². The molecule has 2 aromatic carbocycles. The van der Waals surface area contributed by atoms with Gasteiger partial charge in [-0.3, -0.25) is 4.79 Å². The van der Waals surface area contributed by atoms with Crippen LogP contribution >= 0.6 is 0 Å². The summed E-state index contributed by atoms with van der Waals surface area (Å²) >= 11 is 0. The van der Waals surface area contributed by atoms with Crippen molar-refractivity contribution < 1.29 is 13.2 Å². The third kappa shape index (κ3) is 9.82. The number of carbonyl (C=O) groups is 1. The summed E-state index contributed by atoms with van der Waals surface area (Å²) in [5.41, 5.74) is 1.64. The van der Waals surface area contributed by atoms with Crippen LogP contribution < -0.4 is 10.0 Å². The first kappa shape index (κ1) is 27.4. The molecule has 3 aromatic rings. The molecular formula is C29H37N3O3S. The minimum Gasteiger partial charge on any atom is -0.370 e. The average Bonchev–Trinajstić information content (AvgIpc) is 2.90. The van der Waals surface area contributed by atoms with Gasteiger partial charge in [0.05, 0.1) is 10.5 Å². The number of hydrogen-bond donors (Lipinski definition) is 2. The van der Waals surface area contributed by atoms with Gasteiger partial charge in [-0.25, -0.2) is 18.1 Å². The molecule has 1 amide bonds. The first-order valence-electron chi connectivity index (χ1n) is 12.9. The van der Waals surface area contributed by atoms with Crippen molar-refractivity contribution in [3.63, 3.8) is 0 Å². The first-order valence-corrected chi connectivity index (χ1v) is 14.4. The molecule has 0 aliphatic heterocycles. The number of carbonyl (C=O) groups excluding carboxylic acids is 1. The van der Waals surface area contributed by atoms with E-state index in [1.165, 1.54) is 81.7 Å². The highest BCUT2D eigenvalue weighted by Crippen LogP contribution is 2.13. The number of rotatable bonds is 16. The normalized spacial score (nSPS) is 11.2. The summed E-state index contributed by atoms with van der Waals surface area (Å²) in [5.74, 6) is -0.0259. The van der Waals surface area contributed by atoms with Crippen LogP contribution in [-0.2, 0) is 16.4 Å². The Balaban J connectivity index is 1.21. The van der Waals surface area contributed by atoms with Gasteiger partial charge in [-0.1, -0.05) is 93.5 Å². The molecule has 192 valence electrons. The summed E-state index contributed by atoms with van der Waals surface area (Å²) in [6, 6.07) is 21.8. The number of sulfonamides is 1. The lowest BCUT2D eigenvalue weighted by Gasteiger charge is -2.08. The fraction of sp³-hybridized carbons (Fsp3) is 0.379. The van der Waals surface area contributed by atoms with Crippen molar-refractivity contribution in [3.8, 4) is 0 Å². The molecule has 2 N–H and O–H groups in total. The van der Waals surface area contributed by atoms with Crippen molar-refractivity contribution in [2.24, 2.45) is 0 Å². The zero-order valence-corrected chi connectivity index (χ0v) is 21.7. The van der Waals surface area contributed by atoms with Gasteiger partial charge < -0.3 is 5.32 Å². The molecule has 0 unspecified atom stereocenters. The molecule has 7 heteroatoms. The average molecular weight is 508 g/mol. The van der Waals surface area contributed by atoms with Crippen molar-refractivity contribution in [3.05, 3.63) is 90.1 Å². The quantitative estimate of drug-likeness (QED) is 0.220. The third-order valence-corrected chi connectivity index (χ3v) is 7.44. The Morgan fingerprint density at radius 2 is 1.28 bits per heavy atom. The van der Waals surface area contributed by atoms with Gasteiger partial charge in [-0.15, -0.1) is 0 Å². The number of hydrogen-bond acceptors (Lipinski definition) is 5. The first-order chi connectivity index (χ1) is 17.5. The van der Waals surface area contributed by atoms with Crippen LogP contribution in [0.15, 0.2) is 83.9 Å². The monoisotopic (exact) mass is 507 g/mol. The van der Waals surface area contributed by atoms with Gasteiger partial charge in [0.2, 0.25) is 0 Å². The Labute approximate surface area is 215 Å². The van der Waals surface area contributed by atoms with Crippen LogP contribution in [-0.4, -0.2) is 25.9 Å². The maximum Gasteiger partial charge on any atom is 0.266 e. The van der Waals surface area contributed by atoms with Gasteiger partial charge in [-0.2, -0.15) is 0 Å². The van der Waals surface area contributed by atoms with E-state index in [1.807, 2.05) is 0 Å². The minimum atomic E-state index is -3.90. The standard InChI is InChI=1S/C29H37N3O3S/c33-29(32-36(34,35)27-19-13-9-14-20-27)26-21-22-28(31-24-26)30-23-15-7-5-3-1-2-4-6-10-16-25-17-11-8-12-18-25/h8-9,11-14,17-22,24H,1-7,10,15-16,23H2,(H,30,31)(H,32,33). The molecule has 0 saturated heterocycles. The SMILES string of the molecule is O=C(NS(=O)(=O)c1ccccc1)c1ccc(NCCCCCCCCCCCc2ccccc2)nc1. The van der Waals surface area contributed by atoms with Crippen LogP contribution in [0.2, 0.25) is 0 Å². The molecule has 0 spiro atoms. The Morgan fingerprint density at radius 3 is 1.89 bits per heavy atom. The molecule has 0 bridgehead atoms. The number of anilines is 1. The second kappa shape index (κ2) is 15.0. The number of aryl methyl sites for hydroxylation is 1. The highest BCUT2D eigenvalue weighted by Gasteiger charge is 2.18. The molecule has 0 aliphatic carbocycles. The summed E-state index contributed by atoms with van der Waals surface area (Å²) in [5, 5.41) is 3.26. The summed E-state index contributed by atoms with van der Waals surface area (Å²) in [6.07, 6.45) is 13.9. The van der Waals surface area contributed by atoms with Crippen LogP contribution in [0.25, 0.3) is 0 Å². The van der Waals surface area contributed by atoms with Gasteiger partial charge in [-0.05, 0) is 49.1 Å². The van der Waals surface area contributed by atoms with Crippen molar-refractivity contribution in [1.29, 1.82) is 0 Å².